The van der Waals surface area contributed by atoms with E-state index in [0.717, 1.165) is 8.78 Å². The fraction of sp³-hybridized carbons (Fsp3) is 0.176. The zero-order valence-corrected chi connectivity index (χ0v) is 15.9. The summed E-state index contributed by atoms with van der Waals surface area (Å²) in [6, 6.07) is 11.5. The summed E-state index contributed by atoms with van der Waals surface area (Å²) in [5.74, 6) is -2.14. The van der Waals surface area contributed by atoms with Crippen LogP contribution in [0.1, 0.15) is 23.2 Å². The van der Waals surface area contributed by atoms with Crippen molar-refractivity contribution >= 4 is 43.6 Å². The maximum Gasteiger partial charge on any atom is 0.335 e. The number of halogens is 1. The van der Waals surface area contributed by atoms with Gasteiger partial charge in [0.1, 0.15) is 0 Å². The van der Waals surface area contributed by atoms with E-state index in [4.69, 9.17) is 10.2 Å². The van der Waals surface area contributed by atoms with E-state index < -0.39 is 22.0 Å². The van der Waals surface area contributed by atoms with Crippen LogP contribution in [-0.4, -0.2) is 37.1 Å². The van der Waals surface area contributed by atoms with Gasteiger partial charge in [0.15, 0.2) is 0 Å². The van der Waals surface area contributed by atoms with Gasteiger partial charge >= 0.3 is 11.9 Å². The first-order valence-corrected chi connectivity index (χ1v) is 9.78. The first-order valence-electron chi connectivity index (χ1n) is 7.55. The third-order valence-electron chi connectivity index (χ3n) is 3.56. The van der Waals surface area contributed by atoms with Crippen LogP contribution >= 0.6 is 15.9 Å². The fourth-order valence-electron chi connectivity index (χ4n) is 2.27. The van der Waals surface area contributed by atoms with Gasteiger partial charge in [-0.25, -0.2) is 13.2 Å². The molecule has 7 nitrogen and oxygen atoms in total. The van der Waals surface area contributed by atoms with Crippen molar-refractivity contribution in [2.24, 2.45) is 0 Å². The highest BCUT2D eigenvalue weighted by Gasteiger charge is 2.25. The number of carboxylic acids is 2. The average molecular weight is 442 g/mol. The lowest BCUT2D eigenvalue weighted by Crippen LogP contribution is -2.32. The molecule has 2 aromatic rings. The molecule has 0 bridgehead atoms. The summed E-state index contributed by atoms with van der Waals surface area (Å²) in [6.07, 6.45) is -0.0641. The molecule has 0 aliphatic heterocycles. The lowest BCUT2D eigenvalue weighted by molar-refractivity contribution is -0.137. The van der Waals surface area contributed by atoms with E-state index in [1.54, 1.807) is 12.1 Å². The topological polar surface area (TPSA) is 112 Å². The molecule has 0 aromatic heterocycles. The van der Waals surface area contributed by atoms with Gasteiger partial charge < -0.3 is 10.2 Å². The van der Waals surface area contributed by atoms with Crippen molar-refractivity contribution in [1.82, 2.24) is 0 Å². The normalized spacial score (nSPS) is 11.1. The second-order valence-corrected chi connectivity index (χ2v) is 8.16. The minimum Gasteiger partial charge on any atom is -0.481 e. The zero-order chi connectivity index (χ0) is 19.3. The van der Waals surface area contributed by atoms with Gasteiger partial charge in [-0.3, -0.25) is 9.10 Å². The van der Waals surface area contributed by atoms with Gasteiger partial charge in [-0.15, -0.1) is 0 Å². The molecule has 0 saturated carbocycles. The molecule has 0 unspecified atom stereocenters. The number of hydrogen-bond acceptors (Lipinski definition) is 4. The van der Waals surface area contributed by atoms with Crippen LogP contribution in [0.5, 0.6) is 0 Å². The summed E-state index contributed by atoms with van der Waals surface area (Å²) < 4.78 is 27.8. The number of carbonyl (C=O) groups is 2. The molecule has 0 atom stereocenters. The standard InChI is InChI=1S/C17H16BrNO6S/c18-13-5-9-15(10-6-13)26(24,25)19(11-1-2-16(20)21)14-7-3-12(4-8-14)17(22)23/h3-10H,1-2,11H2,(H,20,21)(H,22,23). The largest absolute Gasteiger partial charge is 0.481 e. The summed E-state index contributed by atoms with van der Waals surface area (Å²) in [7, 11) is -3.93. The van der Waals surface area contributed by atoms with Crippen LogP contribution in [0, 0.1) is 0 Å². The van der Waals surface area contributed by atoms with E-state index in [0.29, 0.717) is 0 Å². The lowest BCUT2D eigenvalue weighted by Gasteiger charge is -2.24. The van der Waals surface area contributed by atoms with Crippen molar-refractivity contribution in [3.8, 4) is 0 Å². The zero-order valence-electron chi connectivity index (χ0n) is 13.5. The van der Waals surface area contributed by atoms with Crippen molar-refractivity contribution in [3.05, 3.63) is 58.6 Å². The highest BCUT2D eigenvalue weighted by Crippen LogP contribution is 2.26. The Bertz CT molecular complexity index is 894. The second kappa shape index (κ2) is 8.33. The Labute approximate surface area is 159 Å². The van der Waals surface area contributed by atoms with Gasteiger partial charge in [0.05, 0.1) is 16.1 Å². The van der Waals surface area contributed by atoms with Crippen LogP contribution in [0.3, 0.4) is 0 Å². The molecule has 0 amide bonds. The number of aromatic carboxylic acids is 1. The Kier molecular flexibility index (Phi) is 6.38. The van der Waals surface area contributed by atoms with E-state index in [1.807, 2.05) is 0 Å². The smallest absolute Gasteiger partial charge is 0.335 e. The molecule has 2 N–H and O–H groups in total. The van der Waals surface area contributed by atoms with Crippen LogP contribution < -0.4 is 4.31 Å². The number of benzene rings is 2. The fourth-order valence-corrected chi connectivity index (χ4v) is 4.03. The van der Waals surface area contributed by atoms with Crippen molar-refractivity contribution in [2.75, 3.05) is 10.8 Å². The van der Waals surface area contributed by atoms with Crippen LogP contribution in [0.4, 0.5) is 5.69 Å². The minimum atomic E-state index is -3.93. The molecule has 0 radical (unpaired) electrons. The first-order chi connectivity index (χ1) is 12.2. The Balaban J connectivity index is 2.40. The van der Waals surface area contributed by atoms with Gasteiger partial charge in [0.2, 0.25) is 0 Å². The van der Waals surface area contributed by atoms with Crippen molar-refractivity contribution in [1.29, 1.82) is 0 Å². The van der Waals surface area contributed by atoms with Crippen LogP contribution in [-0.2, 0) is 14.8 Å². The summed E-state index contributed by atoms with van der Waals surface area (Å²) in [6.45, 7) is -0.0445. The second-order valence-electron chi connectivity index (χ2n) is 5.38. The molecular weight excluding hydrogens is 426 g/mol. The molecule has 2 aromatic carbocycles. The Hall–Kier alpha value is -2.39. The molecule has 2 rings (SSSR count). The number of carboxylic acid groups (broad SMARTS) is 2. The Morgan fingerprint density at radius 2 is 1.54 bits per heavy atom. The van der Waals surface area contributed by atoms with E-state index in [-0.39, 0.29) is 35.5 Å². The molecule has 9 heteroatoms. The van der Waals surface area contributed by atoms with Crippen molar-refractivity contribution < 1.29 is 28.2 Å². The number of hydrogen-bond donors (Lipinski definition) is 2. The molecule has 26 heavy (non-hydrogen) atoms. The van der Waals surface area contributed by atoms with Gasteiger partial charge in [-0.05, 0) is 55.0 Å². The predicted octanol–water partition coefficient (Wildman–Crippen LogP) is 3.21. The van der Waals surface area contributed by atoms with Gasteiger partial charge in [0, 0.05) is 17.4 Å². The summed E-state index contributed by atoms with van der Waals surface area (Å²) >= 11 is 3.24. The molecular formula is C17H16BrNO6S. The number of rotatable bonds is 8. The monoisotopic (exact) mass is 441 g/mol. The molecule has 0 fully saturated rings. The van der Waals surface area contributed by atoms with Crippen LogP contribution in [0.15, 0.2) is 57.9 Å². The summed E-state index contributed by atoms with van der Waals surface area (Å²) in [4.78, 5) is 21.8. The highest BCUT2D eigenvalue weighted by atomic mass is 79.9. The quantitative estimate of drug-likeness (QED) is 0.650. The van der Waals surface area contributed by atoms with Gasteiger partial charge in [-0.2, -0.15) is 0 Å². The Morgan fingerprint density at radius 3 is 2.04 bits per heavy atom. The SMILES string of the molecule is O=C(O)CCCN(c1ccc(C(=O)O)cc1)S(=O)(=O)c1ccc(Br)cc1. The lowest BCUT2D eigenvalue weighted by atomic mass is 10.2. The summed E-state index contributed by atoms with van der Waals surface area (Å²) in [5.41, 5.74) is 0.295. The summed E-state index contributed by atoms with van der Waals surface area (Å²) in [5, 5.41) is 17.8. The maximum absolute atomic E-state index is 13.0. The molecule has 0 heterocycles. The van der Waals surface area contributed by atoms with Gasteiger partial charge in [0.25, 0.3) is 10.0 Å². The third-order valence-corrected chi connectivity index (χ3v) is 5.93. The number of sulfonamides is 1. The number of nitrogens with zero attached hydrogens (tertiary/aromatic N) is 1. The van der Waals surface area contributed by atoms with Crippen LogP contribution in [0.25, 0.3) is 0 Å². The minimum absolute atomic E-state index is 0.0280. The number of aliphatic carboxylic acids is 1. The van der Waals surface area contributed by atoms with Crippen LogP contribution in [0.2, 0.25) is 0 Å². The molecule has 138 valence electrons. The van der Waals surface area contributed by atoms with E-state index in [1.165, 1.54) is 36.4 Å². The van der Waals surface area contributed by atoms with Gasteiger partial charge in [-0.1, -0.05) is 15.9 Å². The Morgan fingerprint density at radius 1 is 0.962 bits per heavy atom. The average Bonchev–Trinajstić information content (AvgIpc) is 2.59. The van der Waals surface area contributed by atoms with E-state index in [2.05, 4.69) is 15.9 Å². The molecule has 0 aliphatic rings. The van der Waals surface area contributed by atoms with E-state index in [9.17, 15) is 18.0 Å². The highest BCUT2D eigenvalue weighted by molar-refractivity contribution is 9.10. The van der Waals surface area contributed by atoms with Crippen molar-refractivity contribution in [3.63, 3.8) is 0 Å². The molecule has 0 aliphatic carbocycles. The van der Waals surface area contributed by atoms with E-state index >= 15 is 0 Å². The van der Waals surface area contributed by atoms with Crippen molar-refractivity contribution in [2.45, 2.75) is 17.7 Å². The predicted molar refractivity (Wildman–Crippen MR) is 98.9 cm³/mol. The molecule has 0 spiro atoms. The molecule has 0 saturated heterocycles. The maximum atomic E-state index is 13.0. The first kappa shape index (κ1) is 19.9. The third kappa shape index (κ3) is 4.83. The number of anilines is 1.